The predicted octanol–water partition coefficient (Wildman–Crippen LogP) is 3.57. The van der Waals surface area contributed by atoms with Gasteiger partial charge in [-0.15, -0.1) is 0 Å². The molecule has 0 saturated heterocycles. The molecule has 0 spiro atoms. The Morgan fingerprint density at radius 2 is 1.76 bits per heavy atom. The summed E-state index contributed by atoms with van der Waals surface area (Å²) >= 11 is 0. The molecule has 2 aromatic rings. The fourth-order valence-corrected chi connectivity index (χ4v) is 2.47. The van der Waals surface area contributed by atoms with E-state index in [1.54, 1.807) is 27.3 Å². The molecule has 4 nitrogen and oxygen atoms in total. The quantitative estimate of drug-likeness (QED) is 0.767. The standard InChI is InChI=1S/C19H21F2NO3/c1-22(12-14-6-7-15(20)11-16(14)21)19(23)9-5-13-4-8-17(24-2)18(10-13)25-3/h4,6-8,10-11H,5,9,12H2,1-3H3. The molecule has 0 atom stereocenters. The molecular weight excluding hydrogens is 328 g/mol. The van der Waals surface area contributed by atoms with Crippen LogP contribution in [0.5, 0.6) is 11.5 Å². The Hall–Kier alpha value is -2.63. The molecule has 0 unspecified atom stereocenters. The molecule has 1 amide bonds. The van der Waals surface area contributed by atoms with Crippen molar-refractivity contribution in [2.24, 2.45) is 0 Å². The summed E-state index contributed by atoms with van der Waals surface area (Å²) in [5.41, 5.74) is 1.22. The first-order chi connectivity index (χ1) is 11.9. The fourth-order valence-electron chi connectivity index (χ4n) is 2.47. The normalized spacial score (nSPS) is 10.4. The lowest BCUT2D eigenvalue weighted by Crippen LogP contribution is -2.26. The summed E-state index contributed by atoms with van der Waals surface area (Å²) in [4.78, 5) is 13.7. The second-order valence-corrected chi connectivity index (χ2v) is 5.67. The van der Waals surface area contributed by atoms with Crippen LogP contribution in [0.1, 0.15) is 17.5 Å². The number of amides is 1. The predicted molar refractivity (Wildman–Crippen MR) is 90.7 cm³/mol. The van der Waals surface area contributed by atoms with Gasteiger partial charge in [0.2, 0.25) is 5.91 Å². The minimum Gasteiger partial charge on any atom is -0.493 e. The highest BCUT2D eigenvalue weighted by molar-refractivity contribution is 5.76. The summed E-state index contributed by atoms with van der Waals surface area (Å²) in [7, 11) is 4.71. The van der Waals surface area contributed by atoms with E-state index in [0.29, 0.717) is 17.9 Å². The van der Waals surface area contributed by atoms with E-state index in [4.69, 9.17) is 9.47 Å². The third kappa shape index (κ3) is 4.92. The van der Waals surface area contributed by atoms with Crippen LogP contribution in [0.2, 0.25) is 0 Å². The van der Waals surface area contributed by atoms with Gasteiger partial charge in [0.1, 0.15) is 11.6 Å². The third-order valence-electron chi connectivity index (χ3n) is 3.92. The summed E-state index contributed by atoms with van der Waals surface area (Å²) in [6, 6.07) is 8.83. The van der Waals surface area contributed by atoms with E-state index in [1.165, 1.54) is 17.0 Å². The summed E-state index contributed by atoms with van der Waals surface area (Å²) < 4.78 is 37.0. The topological polar surface area (TPSA) is 38.8 Å². The average molecular weight is 349 g/mol. The van der Waals surface area contributed by atoms with Crippen molar-refractivity contribution in [3.05, 3.63) is 59.2 Å². The Morgan fingerprint density at radius 3 is 2.40 bits per heavy atom. The van der Waals surface area contributed by atoms with Crippen LogP contribution in [0.15, 0.2) is 36.4 Å². The van der Waals surface area contributed by atoms with Gasteiger partial charge in [0.25, 0.3) is 0 Å². The van der Waals surface area contributed by atoms with Crippen molar-refractivity contribution in [1.82, 2.24) is 4.90 Å². The highest BCUT2D eigenvalue weighted by atomic mass is 19.1. The lowest BCUT2D eigenvalue weighted by molar-refractivity contribution is -0.130. The van der Waals surface area contributed by atoms with Crippen molar-refractivity contribution in [3.8, 4) is 11.5 Å². The molecule has 134 valence electrons. The van der Waals surface area contributed by atoms with Crippen molar-refractivity contribution in [1.29, 1.82) is 0 Å². The van der Waals surface area contributed by atoms with E-state index in [1.807, 2.05) is 12.1 Å². The molecule has 0 fully saturated rings. The second kappa shape index (κ2) is 8.46. The number of ether oxygens (including phenoxy) is 2. The number of nitrogens with zero attached hydrogens (tertiary/aromatic N) is 1. The van der Waals surface area contributed by atoms with Gasteiger partial charge in [-0.05, 0) is 30.2 Å². The van der Waals surface area contributed by atoms with Gasteiger partial charge in [-0.2, -0.15) is 0 Å². The van der Waals surface area contributed by atoms with E-state index in [9.17, 15) is 13.6 Å². The number of carbonyl (C=O) groups excluding carboxylic acids is 1. The van der Waals surface area contributed by atoms with Crippen molar-refractivity contribution in [3.63, 3.8) is 0 Å². The van der Waals surface area contributed by atoms with Crippen LogP contribution in [0, 0.1) is 11.6 Å². The van der Waals surface area contributed by atoms with Crippen LogP contribution in [0.25, 0.3) is 0 Å². The Morgan fingerprint density at radius 1 is 1.04 bits per heavy atom. The van der Waals surface area contributed by atoms with Gasteiger partial charge in [-0.25, -0.2) is 8.78 Å². The van der Waals surface area contributed by atoms with Gasteiger partial charge in [-0.1, -0.05) is 12.1 Å². The Labute approximate surface area is 146 Å². The van der Waals surface area contributed by atoms with E-state index >= 15 is 0 Å². The number of methoxy groups -OCH3 is 2. The maximum absolute atomic E-state index is 13.7. The number of benzene rings is 2. The first-order valence-corrected chi connectivity index (χ1v) is 7.83. The first-order valence-electron chi connectivity index (χ1n) is 7.83. The van der Waals surface area contributed by atoms with E-state index in [2.05, 4.69) is 0 Å². The molecule has 0 aromatic heterocycles. The molecule has 2 rings (SSSR count). The first kappa shape index (κ1) is 18.7. The summed E-state index contributed by atoms with van der Waals surface area (Å²) in [6.45, 7) is 0.0941. The minimum absolute atomic E-state index is 0.0941. The second-order valence-electron chi connectivity index (χ2n) is 5.67. The van der Waals surface area contributed by atoms with E-state index in [-0.39, 0.29) is 24.4 Å². The van der Waals surface area contributed by atoms with Gasteiger partial charge < -0.3 is 14.4 Å². The Kier molecular flexibility index (Phi) is 6.33. The zero-order valence-electron chi connectivity index (χ0n) is 14.5. The number of carbonyl (C=O) groups is 1. The molecule has 0 bridgehead atoms. The number of hydrogen-bond acceptors (Lipinski definition) is 3. The largest absolute Gasteiger partial charge is 0.493 e. The van der Waals surface area contributed by atoms with Crippen molar-refractivity contribution in [2.45, 2.75) is 19.4 Å². The third-order valence-corrected chi connectivity index (χ3v) is 3.92. The van der Waals surface area contributed by atoms with E-state index in [0.717, 1.165) is 11.6 Å². The van der Waals surface area contributed by atoms with Crippen LogP contribution < -0.4 is 9.47 Å². The maximum Gasteiger partial charge on any atom is 0.222 e. The Balaban J connectivity index is 1.95. The zero-order chi connectivity index (χ0) is 18.4. The molecule has 0 heterocycles. The molecule has 0 aliphatic heterocycles. The van der Waals surface area contributed by atoms with Crippen LogP contribution in [0.4, 0.5) is 8.78 Å². The van der Waals surface area contributed by atoms with Crippen LogP contribution in [0.3, 0.4) is 0 Å². The van der Waals surface area contributed by atoms with Crippen molar-refractivity contribution in [2.75, 3.05) is 21.3 Å². The number of hydrogen-bond donors (Lipinski definition) is 0. The Bertz CT molecular complexity index is 749. The lowest BCUT2D eigenvalue weighted by Gasteiger charge is -2.18. The van der Waals surface area contributed by atoms with Crippen LogP contribution in [-0.4, -0.2) is 32.1 Å². The summed E-state index contributed by atoms with van der Waals surface area (Å²) in [6.07, 6.45) is 0.796. The minimum atomic E-state index is -0.653. The molecule has 2 aromatic carbocycles. The number of halogens is 2. The number of rotatable bonds is 7. The zero-order valence-corrected chi connectivity index (χ0v) is 14.5. The van der Waals surface area contributed by atoms with Gasteiger partial charge in [0.15, 0.2) is 11.5 Å². The molecule has 0 aliphatic rings. The molecule has 6 heteroatoms. The summed E-state index contributed by atoms with van der Waals surface area (Å²) in [5.74, 6) is -0.183. The lowest BCUT2D eigenvalue weighted by atomic mass is 10.1. The smallest absolute Gasteiger partial charge is 0.222 e. The van der Waals surface area contributed by atoms with Gasteiger partial charge >= 0.3 is 0 Å². The highest BCUT2D eigenvalue weighted by Gasteiger charge is 2.13. The SMILES string of the molecule is COc1ccc(CCC(=O)N(C)Cc2ccc(F)cc2F)cc1OC. The van der Waals surface area contributed by atoms with Crippen molar-refractivity contribution < 1.29 is 23.0 Å². The molecular formula is C19H21F2NO3. The van der Waals surface area contributed by atoms with Crippen LogP contribution in [-0.2, 0) is 17.8 Å². The number of aryl methyl sites for hydroxylation is 1. The van der Waals surface area contributed by atoms with Gasteiger partial charge in [-0.3, -0.25) is 4.79 Å². The fraction of sp³-hybridized carbons (Fsp3) is 0.316. The van der Waals surface area contributed by atoms with E-state index < -0.39 is 11.6 Å². The molecule has 0 aliphatic carbocycles. The monoisotopic (exact) mass is 349 g/mol. The molecule has 0 radical (unpaired) electrons. The molecule has 0 N–H and O–H groups in total. The molecule has 0 saturated carbocycles. The maximum atomic E-state index is 13.7. The highest BCUT2D eigenvalue weighted by Crippen LogP contribution is 2.28. The summed E-state index contributed by atoms with van der Waals surface area (Å²) in [5, 5.41) is 0. The molecule has 25 heavy (non-hydrogen) atoms. The average Bonchev–Trinajstić information content (AvgIpc) is 2.61. The van der Waals surface area contributed by atoms with Crippen LogP contribution >= 0.6 is 0 Å². The van der Waals surface area contributed by atoms with Gasteiger partial charge in [0.05, 0.1) is 14.2 Å². The van der Waals surface area contributed by atoms with Crippen molar-refractivity contribution >= 4 is 5.91 Å². The van der Waals surface area contributed by atoms with Gasteiger partial charge in [0, 0.05) is 31.6 Å².